The number of aromatic nitrogens is 2. The summed E-state index contributed by atoms with van der Waals surface area (Å²) in [5.41, 5.74) is 5.80. The van der Waals surface area contributed by atoms with Crippen LogP contribution in [0.5, 0.6) is 0 Å². The van der Waals surface area contributed by atoms with E-state index in [1.54, 1.807) is 12.3 Å². The van der Waals surface area contributed by atoms with Crippen LogP contribution in [0.3, 0.4) is 0 Å². The summed E-state index contributed by atoms with van der Waals surface area (Å²) in [7, 11) is 0. The number of amides is 1. The first-order valence-corrected chi connectivity index (χ1v) is 9.08. The van der Waals surface area contributed by atoms with Gasteiger partial charge in [-0.2, -0.15) is 10.4 Å². The Bertz CT molecular complexity index is 1060. The maximum absolute atomic E-state index is 12.7. The highest BCUT2D eigenvalue weighted by Gasteiger charge is 2.16. The summed E-state index contributed by atoms with van der Waals surface area (Å²) in [4.78, 5) is 12.7. The highest BCUT2D eigenvalue weighted by atomic mass is 16.1. The van der Waals surface area contributed by atoms with Gasteiger partial charge in [-0.15, -0.1) is 0 Å². The Morgan fingerprint density at radius 1 is 1.18 bits per heavy atom. The van der Waals surface area contributed by atoms with Gasteiger partial charge in [-0.05, 0) is 43.5 Å². The molecular formula is C23H22N4O. The van der Waals surface area contributed by atoms with Crippen molar-refractivity contribution < 1.29 is 4.79 Å². The molecule has 0 aliphatic rings. The Hall–Kier alpha value is -3.65. The van der Waals surface area contributed by atoms with E-state index in [1.165, 1.54) is 11.1 Å². The standard InChI is InChI=1S/C23H22N4O/c1-15-9-10-19(11-16(15)2)17(3)26-23(28)20(13-24)12-21-14-25-27-22(21)18-7-5-4-6-8-18/h4-12,14,17H,1-3H3,(H,25,27)(H,26,28). The van der Waals surface area contributed by atoms with E-state index >= 15 is 0 Å². The van der Waals surface area contributed by atoms with E-state index in [4.69, 9.17) is 0 Å². The van der Waals surface area contributed by atoms with Crippen molar-refractivity contribution in [2.24, 2.45) is 0 Å². The van der Waals surface area contributed by atoms with Crippen molar-refractivity contribution in [1.82, 2.24) is 15.5 Å². The molecule has 5 nitrogen and oxygen atoms in total. The molecule has 1 heterocycles. The number of aryl methyl sites for hydroxylation is 2. The van der Waals surface area contributed by atoms with Crippen molar-refractivity contribution in [3.05, 3.63) is 82.6 Å². The zero-order chi connectivity index (χ0) is 20.1. The Labute approximate surface area is 164 Å². The SMILES string of the molecule is Cc1ccc(C(C)NC(=O)C(C#N)=Cc2cn[nH]c2-c2ccccc2)cc1C. The van der Waals surface area contributed by atoms with Gasteiger partial charge in [0.1, 0.15) is 11.6 Å². The second kappa shape index (κ2) is 8.36. The normalized spacial score (nSPS) is 12.3. The molecule has 0 aliphatic carbocycles. The van der Waals surface area contributed by atoms with Crippen molar-refractivity contribution >= 4 is 12.0 Å². The highest BCUT2D eigenvalue weighted by molar-refractivity contribution is 6.02. The Morgan fingerprint density at radius 3 is 2.61 bits per heavy atom. The molecule has 0 radical (unpaired) electrons. The quantitative estimate of drug-likeness (QED) is 0.513. The molecule has 0 saturated carbocycles. The summed E-state index contributed by atoms with van der Waals surface area (Å²) < 4.78 is 0. The second-order valence-electron chi connectivity index (χ2n) is 6.78. The molecule has 140 valence electrons. The third-order valence-electron chi connectivity index (χ3n) is 4.77. The van der Waals surface area contributed by atoms with E-state index in [0.717, 1.165) is 16.8 Å². The maximum Gasteiger partial charge on any atom is 0.262 e. The van der Waals surface area contributed by atoms with Gasteiger partial charge in [0.05, 0.1) is 17.9 Å². The van der Waals surface area contributed by atoms with Gasteiger partial charge in [-0.1, -0.05) is 48.5 Å². The molecule has 3 aromatic rings. The number of hydrogen-bond donors (Lipinski definition) is 2. The number of H-pyrrole nitrogens is 1. The van der Waals surface area contributed by atoms with Crippen LogP contribution in [0.15, 0.2) is 60.3 Å². The molecular weight excluding hydrogens is 348 g/mol. The third kappa shape index (κ3) is 4.18. The summed E-state index contributed by atoms with van der Waals surface area (Å²) in [5, 5.41) is 19.4. The average Bonchev–Trinajstić information content (AvgIpc) is 3.17. The van der Waals surface area contributed by atoms with Crippen LogP contribution < -0.4 is 5.32 Å². The lowest BCUT2D eigenvalue weighted by Crippen LogP contribution is -2.27. The van der Waals surface area contributed by atoms with Gasteiger partial charge in [0.2, 0.25) is 0 Å². The van der Waals surface area contributed by atoms with Crippen molar-refractivity contribution in [3.8, 4) is 17.3 Å². The number of nitrogens with zero attached hydrogens (tertiary/aromatic N) is 2. The monoisotopic (exact) mass is 370 g/mol. The van der Waals surface area contributed by atoms with E-state index in [-0.39, 0.29) is 11.6 Å². The molecule has 5 heteroatoms. The molecule has 3 rings (SSSR count). The fourth-order valence-corrected chi connectivity index (χ4v) is 2.94. The fraction of sp³-hybridized carbons (Fsp3) is 0.174. The summed E-state index contributed by atoms with van der Waals surface area (Å²) in [5.74, 6) is -0.409. The summed E-state index contributed by atoms with van der Waals surface area (Å²) >= 11 is 0. The number of carbonyl (C=O) groups excluding carboxylic acids is 1. The van der Waals surface area contributed by atoms with Crippen molar-refractivity contribution in [2.75, 3.05) is 0 Å². The first-order chi connectivity index (χ1) is 13.5. The van der Waals surface area contributed by atoms with Gasteiger partial charge in [0, 0.05) is 11.1 Å². The first kappa shape index (κ1) is 19.1. The molecule has 0 fully saturated rings. The molecule has 1 unspecified atom stereocenters. The van der Waals surface area contributed by atoms with Crippen LogP contribution in [0.4, 0.5) is 0 Å². The van der Waals surface area contributed by atoms with Crippen LogP contribution in [0, 0.1) is 25.2 Å². The molecule has 2 N–H and O–H groups in total. The van der Waals surface area contributed by atoms with Crippen LogP contribution in [0.1, 0.15) is 35.2 Å². The minimum Gasteiger partial charge on any atom is -0.345 e. The van der Waals surface area contributed by atoms with E-state index < -0.39 is 5.91 Å². The number of rotatable bonds is 5. The summed E-state index contributed by atoms with van der Waals surface area (Å²) in [6.07, 6.45) is 3.17. The van der Waals surface area contributed by atoms with Crippen LogP contribution >= 0.6 is 0 Å². The molecule has 1 amide bonds. The minimum absolute atomic E-state index is 0.0364. The van der Waals surface area contributed by atoms with E-state index in [1.807, 2.05) is 69.3 Å². The van der Waals surface area contributed by atoms with Gasteiger partial charge >= 0.3 is 0 Å². The molecule has 2 aromatic carbocycles. The van der Waals surface area contributed by atoms with Gasteiger partial charge < -0.3 is 5.32 Å². The Balaban J connectivity index is 1.82. The zero-order valence-electron chi connectivity index (χ0n) is 16.2. The number of aromatic amines is 1. The van der Waals surface area contributed by atoms with Crippen LogP contribution in [-0.2, 0) is 4.79 Å². The molecule has 1 aromatic heterocycles. The van der Waals surface area contributed by atoms with E-state index in [9.17, 15) is 10.1 Å². The second-order valence-corrected chi connectivity index (χ2v) is 6.78. The molecule has 0 saturated heterocycles. The number of benzene rings is 2. The van der Waals surface area contributed by atoms with Crippen LogP contribution in [0.2, 0.25) is 0 Å². The van der Waals surface area contributed by atoms with E-state index in [0.29, 0.717) is 5.56 Å². The van der Waals surface area contributed by atoms with E-state index in [2.05, 4.69) is 21.6 Å². The van der Waals surface area contributed by atoms with Crippen LogP contribution in [-0.4, -0.2) is 16.1 Å². The number of hydrogen-bond acceptors (Lipinski definition) is 3. The predicted molar refractivity (Wildman–Crippen MR) is 110 cm³/mol. The molecule has 28 heavy (non-hydrogen) atoms. The van der Waals surface area contributed by atoms with Crippen molar-refractivity contribution in [3.63, 3.8) is 0 Å². The molecule has 0 spiro atoms. The van der Waals surface area contributed by atoms with Crippen molar-refractivity contribution in [1.29, 1.82) is 5.26 Å². The highest BCUT2D eigenvalue weighted by Crippen LogP contribution is 2.23. The zero-order valence-corrected chi connectivity index (χ0v) is 16.2. The summed E-state index contributed by atoms with van der Waals surface area (Å²) in [6, 6.07) is 17.5. The lowest BCUT2D eigenvalue weighted by molar-refractivity contribution is -0.117. The van der Waals surface area contributed by atoms with Gasteiger partial charge in [0.25, 0.3) is 5.91 Å². The largest absolute Gasteiger partial charge is 0.345 e. The fourth-order valence-electron chi connectivity index (χ4n) is 2.94. The van der Waals surface area contributed by atoms with Gasteiger partial charge in [0.15, 0.2) is 0 Å². The lowest BCUT2D eigenvalue weighted by atomic mass is 10.0. The first-order valence-electron chi connectivity index (χ1n) is 9.08. The van der Waals surface area contributed by atoms with Crippen molar-refractivity contribution in [2.45, 2.75) is 26.8 Å². The smallest absolute Gasteiger partial charge is 0.262 e. The number of nitrogens with one attached hydrogen (secondary N) is 2. The Kier molecular flexibility index (Phi) is 5.71. The topological polar surface area (TPSA) is 81.6 Å². The lowest BCUT2D eigenvalue weighted by Gasteiger charge is -2.15. The maximum atomic E-state index is 12.7. The summed E-state index contributed by atoms with van der Waals surface area (Å²) in [6.45, 7) is 6.00. The minimum atomic E-state index is -0.409. The molecule has 0 bridgehead atoms. The number of nitriles is 1. The average molecular weight is 370 g/mol. The predicted octanol–water partition coefficient (Wildman–Crippen LogP) is 4.48. The molecule has 1 atom stereocenters. The van der Waals surface area contributed by atoms with Gasteiger partial charge in [-0.25, -0.2) is 0 Å². The molecule has 0 aliphatic heterocycles. The Morgan fingerprint density at radius 2 is 1.93 bits per heavy atom. The van der Waals surface area contributed by atoms with Crippen LogP contribution in [0.25, 0.3) is 17.3 Å². The van der Waals surface area contributed by atoms with Gasteiger partial charge in [-0.3, -0.25) is 9.89 Å². The number of carbonyl (C=O) groups is 1. The third-order valence-corrected chi connectivity index (χ3v) is 4.77.